The van der Waals surface area contributed by atoms with Crippen molar-refractivity contribution in [3.63, 3.8) is 0 Å². The summed E-state index contributed by atoms with van der Waals surface area (Å²) in [6.45, 7) is 3.22. The van der Waals surface area contributed by atoms with E-state index in [0.29, 0.717) is 18.2 Å². The predicted octanol–water partition coefficient (Wildman–Crippen LogP) is 3.39. The summed E-state index contributed by atoms with van der Waals surface area (Å²) in [5.41, 5.74) is 2.09. The molecular formula is C17H20ClNO2. The van der Waals surface area contributed by atoms with E-state index < -0.39 is 0 Å². The molecule has 21 heavy (non-hydrogen) atoms. The first-order valence-corrected chi connectivity index (χ1v) is 7.36. The standard InChI is InChI=1S/C17H20ClNO2/c1-13(11-20)19-10-14-5-4-7-16(9-14)21-12-15-6-2-3-8-17(15)18/h2-9,13,19-20H,10-12H2,1H3/t13-/m1/s1. The Kier molecular flexibility index (Phi) is 6.05. The van der Waals surface area contributed by atoms with Gasteiger partial charge in [0.1, 0.15) is 12.4 Å². The zero-order valence-electron chi connectivity index (χ0n) is 12.1. The average Bonchev–Trinajstić information content (AvgIpc) is 2.52. The summed E-state index contributed by atoms with van der Waals surface area (Å²) in [6, 6.07) is 15.7. The van der Waals surface area contributed by atoms with Crippen molar-refractivity contribution in [1.82, 2.24) is 5.32 Å². The average molecular weight is 306 g/mol. The second kappa shape index (κ2) is 8.03. The highest BCUT2D eigenvalue weighted by molar-refractivity contribution is 6.31. The van der Waals surface area contributed by atoms with Crippen molar-refractivity contribution in [2.45, 2.75) is 26.1 Å². The maximum atomic E-state index is 9.00. The quantitative estimate of drug-likeness (QED) is 0.824. The first-order chi connectivity index (χ1) is 10.2. The van der Waals surface area contributed by atoms with Crippen LogP contribution in [0.5, 0.6) is 5.75 Å². The molecule has 2 aromatic carbocycles. The van der Waals surface area contributed by atoms with Crippen LogP contribution in [0.1, 0.15) is 18.1 Å². The van der Waals surface area contributed by atoms with Crippen molar-refractivity contribution >= 4 is 11.6 Å². The SMILES string of the molecule is C[C@H](CO)NCc1cccc(OCc2ccccc2Cl)c1. The van der Waals surface area contributed by atoms with E-state index in [-0.39, 0.29) is 12.6 Å². The van der Waals surface area contributed by atoms with E-state index in [1.165, 1.54) is 0 Å². The zero-order chi connectivity index (χ0) is 15.1. The smallest absolute Gasteiger partial charge is 0.120 e. The van der Waals surface area contributed by atoms with E-state index in [1.807, 2.05) is 55.5 Å². The van der Waals surface area contributed by atoms with Gasteiger partial charge in [-0.3, -0.25) is 0 Å². The van der Waals surface area contributed by atoms with Crippen LogP contribution in [0.15, 0.2) is 48.5 Å². The molecule has 0 aliphatic rings. The van der Waals surface area contributed by atoms with Gasteiger partial charge in [0, 0.05) is 23.2 Å². The second-order valence-corrected chi connectivity index (χ2v) is 5.40. The Morgan fingerprint density at radius 3 is 2.76 bits per heavy atom. The molecule has 0 aromatic heterocycles. The Hall–Kier alpha value is -1.55. The topological polar surface area (TPSA) is 41.5 Å². The fourth-order valence-corrected chi connectivity index (χ4v) is 2.07. The minimum Gasteiger partial charge on any atom is -0.489 e. The lowest BCUT2D eigenvalue weighted by Crippen LogP contribution is -2.28. The van der Waals surface area contributed by atoms with Crippen molar-refractivity contribution in [3.8, 4) is 5.75 Å². The maximum absolute atomic E-state index is 9.00. The predicted molar refractivity (Wildman–Crippen MR) is 85.6 cm³/mol. The van der Waals surface area contributed by atoms with Gasteiger partial charge in [0.05, 0.1) is 6.61 Å². The Labute approximate surface area is 130 Å². The summed E-state index contributed by atoms with van der Waals surface area (Å²) in [6.07, 6.45) is 0. The fraction of sp³-hybridized carbons (Fsp3) is 0.294. The Morgan fingerprint density at radius 1 is 1.19 bits per heavy atom. The lowest BCUT2D eigenvalue weighted by atomic mass is 10.2. The van der Waals surface area contributed by atoms with Crippen molar-refractivity contribution in [1.29, 1.82) is 0 Å². The van der Waals surface area contributed by atoms with Gasteiger partial charge in [-0.25, -0.2) is 0 Å². The Morgan fingerprint density at radius 2 is 2.00 bits per heavy atom. The van der Waals surface area contributed by atoms with Gasteiger partial charge in [-0.2, -0.15) is 0 Å². The Bertz CT molecular complexity index is 574. The van der Waals surface area contributed by atoms with Gasteiger partial charge in [-0.15, -0.1) is 0 Å². The van der Waals surface area contributed by atoms with E-state index in [1.54, 1.807) is 0 Å². The number of nitrogens with one attached hydrogen (secondary N) is 1. The molecule has 0 aliphatic carbocycles. The monoisotopic (exact) mass is 305 g/mol. The van der Waals surface area contributed by atoms with Gasteiger partial charge >= 0.3 is 0 Å². The number of aliphatic hydroxyl groups excluding tert-OH is 1. The van der Waals surface area contributed by atoms with Gasteiger partial charge in [-0.05, 0) is 30.7 Å². The van der Waals surface area contributed by atoms with Gasteiger partial charge in [-0.1, -0.05) is 41.9 Å². The lowest BCUT2D eigenvalue weighted by Gasteiger charge is -2.12. The van der Waals surface area contributed by atoms with E-state index in [9.17, 15) is 0 Å². The van der Waals surface area contributed by atoms with Crippen LogP contribution in [0.3, 0.4) is 0 Å². The van der Waals surface area contributed by atoms with E-state index in [0.717, 1.165) is 16.9 Å². The van der Waals surface area contributed by atoms with Crippen LogP contribution in [0.4, 0.5) is 0 Å². The Balaban J connectivity index is 1.93. The molecule has 0 heterocycles. The number of benzene rings is 2. The summed E-state index contributed by atoms with van der Waals surface area (Å²) >= 11 is 6.11. The third kappa shape index (κ3) is 5.05. The summed E-state index contributed by atoms with van der Waals surface area (Å²) < 4.78 is 5.79. The highest BCUT2D eigenvalue weighted by Gasteiger charge is 2.03. The molecule has 0 bridgehead atoms. The largest absolute Gasteiger partial charge is 0.489 e. The molecule has 2 aromatic rings. The highest BCUT2D eigenvalue weighted by Crippen LogP contribution is 2.19. The fourth-order valence-electron chi connectivity index (χ4n) is 1.88. The molecule has 3 nitrogen and oxygen atoms in total. The first-order valence-electron chi connectivity index (χ1n) is 6.98. The molecule has 0 saturated carbocycles. The summed E-state index contributed by atoms with van der Waals surface area (Å²) in [7, 11) is 0. The van der Waals surface area contributed by atoms with Crippen molar-refractivity contribution in [2.75, 3.05) is 6.61 Å². The molecule has 0 spiro atoms. The third-order valence-electron chi connectivity index (χ3n) is 3.18. The van der Waals surface area contributed by atoms with Crippen LogP contribution >= 0.6 is 11.6 Å². The minimum absolute atomic E-state index is 0.0812. The lowest BCUT2D eigenvalue weighted by molar-refractivity contribution is 0.251. The van der Waals surface area contributed by atoms with E-state index >= 15 is 0 Å². The normalized spacial score (nSPS) is 12.1. The maximum Gasteiger partial charge on any atom is 0.120 e. The molecule has 2 N–H and O–H groups in total. The number of hydrogen-bond acceptors (Lipinski definition) is 3. The first kappa shape index (κ1) is 15.8. The van der Waals surface area contributed by atoms with E-state index in [4.69, 9.17) is 21.4 Å². The molecule has 0 radical (unpaired) electrons. The van der Waals surface area contributed by atoms with Crippen LogP contribution < -0.4 is 10.1 Å². The molecule has 0 aliphatic heterocycles. The molecular weight excluding hydrogens is 286 g/mol. The van der Waals surface area contributed by atoms with Crippen molar-refractivity contribution in [2.24, 2.45) is 0 Å². The van der Waals surface area contributed by atoms with Gasteiger partial charge in [0.15, 0.2) is 0 Å². The van der Waals surface area contributed by atoms with Crippen LogP contribution in [-0.4, -0.2) is 17.8 Å². The zero-order valence-corrected chi connectivity index (χ0v) is 12.8. The summed E-state index contributed by atoms with van der Waals surface area (Å²) in [5.74, 6) is 0.811. The number of ether oxygens (including phenoxy) is 1. The van der Waals surface area contributed by atoms with Crippen molar-refractivity contribution in [3.05, 3.63) is 64.7 Å². The number of rotatable bonds is 7. The second-order valence-electron chi connectivity index (χ2n) is 4.99. The minimum atomic E-state index is 0.0812. The van der Waals surface area contributed by atoms with E-state index in [2.05, 4.69) is 5.32 Å². The van der Waals surface area contributed by atoms with Gasteiger partial charge in [0.25, 0.3) is 0 Å². The number of halogens is 1. The molecule has 0 fully saturated rings. The van der Waals surface area contributed by atoms with Crippen molar-refractivity contribution < 1.29 is 9.84 Å². The molecule has 0 saturated heterocycles. The van der Waals surface area contributed by atoms with Gasteiger partial charge in [0.2, 0.25) is 0 Å². The van der Waals surface area contributed by atoms with Crippen LogP contribution in [0, 0.1) is 0 Å². The number of aliphatic hydroxyl groups is 1. The van der Waals surface area contributed by atoms with Crippen LogP contribution in [-0.2, 0) is 13.2 Å². The molecule has 0 amide bonds. The number of hydrogen-bond donors (Lipinski definition) is 2. The molecule has 1 atom stereocenters. The van der Waals surface area contributed by atoms with Gasteiger partial charge < -0.3 is 15.2 Å². The van der Waals surface area contributed by atoms with Crippen LogP contribution in [0.25, 0.3) is 0 Å². The van der Waals surface area contributed by atoms with Crippen LogP contribution in [0.2, 0.25) is 5.02 Å². The molecule has 4 heteroatoms. The molecule has 2 rings (SSSR count). The summed E-state index contributed by atoms with van der Waals surface area (Å²) in [4.78, 5) is 0. The third-order valence-corrected chi connectivity index (χ3v) is 3.55. The molecule has 0 unspecified atom stereocenters. The summed E-state index contributed by atoms with van der Waals surface area (Å²) in [5, 5.41) is 13.0. The molecule has 112 valence electrons. The highest BCUT2D eigenvalue weighted by atomic mass is 35.5.